The normalized spacial score (nSPS) is 11.7. The maximum absolute atomic E-state index is 10.9. The molecule has 0 spiro atoms. The van der Waals surface area contributed by atoms with Gasteiger partial charge >= 0.3 is 11.9 Å². The van der Waals surface area contributed by atoms with Crippen LogP contribution in [0, 0.1) is 5.92 Å². The number of anilines is 1. The van der Waals surface area contributed by atoms with Crippen LogP contribution >= 0.6 is 0 Å². The molecular weight excluding hydrogens is 262 g/mol. The second-order valence-electron chi connectivity index (χ2n) is 4.53. The molecule has 1 aromatic carbocycles. The third kappa shape index (κ3) is 4.79. The highest BCUT2D eigenvalue weighted by molar-refractivity contribution is 5.71. The Labute approximate surface area is 117 Å². The lowest BCUT2D eigenvalue weighted by molar-refractivity contribution is -0.140. The van der Waals surface area contributed by atoms with Crippen LogP contribution in [0.1, 0.15) is 13.3 Å². The first-order valence-electron chi connectivity index (χ1n) is 6.27. The highest BCUT2D eigenvalue weighted by Crippen LogP contribution is 2.20. The molecule has 0 amide bonds. The lowest BCUT2D eigenvalue weighted by atomic mass is 10.1. The number of rotatable bonds is 8. The Morgan fingerprint density at radius 1 is 1.25 bits per heavy atom. The van der Waals surface area contributed by atoms with Gasteiger partial charge in [0, 0.05) is 18.8 Å². The van der Waals surface area contributed by atoms with Gasteiger partial charge in [0.1, 0.15) is 5.75 Å². The SMILES string of the molecule is COc1ccc(N(CCC(=O)O)CC(C)C(=O)O)cc1. The van der Waals surface area contributed by atoms with Gasteiger partial charge in [-0.2, -0.15) is 0 Å². The zero-order valence-electron chi connectivity index (χ0n) is 11.6. The monoisotopic (exact) mass is 281 g/mol. The predicted octanol–water partition coefficient (Wildman–Crippen LogP) is 1.70. The lowest BCUT2D eigenvalue weighted by Gasteiger charge is -2.26. The van der Waals surface area contributed by atoms with E-state index in [1.807, 2.05) is 0 Å². The number of benzene rings is 1. The number of ether oxygens (including phenoxy) is 1. The van der Waals surface area contributed by atoms with Crippen molar-refractivity contribution in [1.29, 1.82) is 0 Å². The van der Waals surface area contributed by atoms with Crippen molar-refractivity contribution in [3.05, 3.63) is 24.3 Å². The molecule has 0 heterocycles. The van der Waals surface area contributed by atoms with Gasteiger partial charge in [0.2, 0.25) is 0 Å². The van der Waals surface area contributed by atoms with Crippen LogP contribution in [0.4, 0.5) is 5.69 Å². The Morgan fingerprint density at radius 2 is 1.85 bits per heavy atom. The minimum atomic E-state index is -0.911. The second kappa shape index (κ2) is 7.37. The van der Waals surface area contributed by atoms with E-state index >= 15 is 0 Å². The summed E-state index contributed by atoms with van der Waals surface area (Å²) in [7, 11) is 1.56. The molecule has 1 rings (SSSR count). The van der Waals surface area contributed by atoms with Gasteiger partial charge in [0.25, 0.3) is 0 Å². The van der Waals surface area contributed by atoms with Crippen molar-refractivity contribution in [2.45, 2.75) is 13.3 Å². The second-order valence-corrected chi connectivity index (χ2v) is 4.53. The van der Waals surface area contributed by atoms with E-state index in [2.05, 4.69) is 0 Å². The Balaban J connectivity index is 2.83. The fourth-order valence-electron chi connectivity index (χ4n) is 1.76. The number of carboxylic acids is 2. The van der Waals surface area contributed by atoms with E-state index in [0.717, 1.165) is 5.69 Å². The first kappa shape index (κ1) is 15.8. The molecule has 1 unspecified atom stereocenters. The van der Waals surface area contributed by atoms with Crippen LogP contribution in [-0.2, 0) is 9.59 Å². The van der Waals surface area contributed by atoms with Crippen molar-refractivity contribution >= 4 is 17.6 Å². The van der Waals surface area contributed by atoms with Gasteiger partial charge in [-0.3, -0.25) is 9.59 Å². The summed E-state index contributed by atoms with van der Waals surface area (Å²) in [5.41, 5.74) is 0.778. The Hall–Kier alpha value is -2.24. The van der Waals surface area contributed by atoms with E-state index in [-0.39, 0.29) is 19.5 Å². The highest BCUT2D eigenvalue weighted by atomic mass is 16.5. The summed E-state index contributed by atoms with van der Waals surface area (Å²) in [6.45, 7) is 2.12. The summed E-state index contributed by atoms with van der Waals surface area (Å²) in [6, 6.07) is 7.09. The van der Waals surface area contributed by atoms with E-state index in [0.29, 0.717) is 5.75 Å². The van der Waals surface area contributed by atoms with E-state index < -0.39 is 17.9 Å². The molecule has 0 aliphatic carbocycles. The molecule has 0 saturated carbocycles. The fraction of sp³-hybridized carbons (Fsp3) is 0.429. The molecule has 0 aliphatic rings. The molecule has 2 N–H and O–H groups in total. The Bertz CT molecular complexity index is 457. The van der Waals surface area contributed by atoms with Gasteiger partial charge in [-0.15, -0.1) is 0 Å². The fourth-order valence-corrected chi connectivity index (χ4v) is 1.76. The summed E-state index contributed by atoms with van der Waals surface area (Å²) < 4.78 is 5.06. The van der Waals surface area contributed by atoms with Gasteiger partial charge < -0.3 is 19.8 Å². The first-order valence-corrected chi connectivity index (χ1v) is 6.27. The number of carboxylic acid groups (broad SMARTS) is 2. The molecule has 110 valence electrons. The smallest absolute Gasteiger partial charge is 0.308 e. The number of aliphatic carboxylic acids is 2. The van der Waals surface area contributed by atoms with Crippen LogP contribution in [0.15, 0.2) is 24.3 Å². The molecular formula is C14H19NO5. The molecule has 0 aromatic heterocycles. The van der Waals surface area contributed by atoms with Crippen LogP contribution in [-0.4, -0.2) is 42.4 Å². The minimum Gasteiger partial charge on any atom is -0.497 e. The maximum atomic E-state index is 10.9. The molecule has 0 bridgehead atoms. The summed E-state index contributed by atoms with van der Waals surface area (Å²) in [5, 5.41) is 17.7. The molecule has 0 fully saturated rings. The lowest BCUT2D eigenvalue weighted by Crippen LogP contribution is -2.33. The number of carbonyl (C=O) groups is 2. The van der Waals surface area contributed by atoms with Gasteiger partial charge in [-0.25, -0.2) is 0 Å². The van der Waals surface area contributed by atoms with Crippen molar-refractivity contribution in [3.8, 4) is 5.75 Å². The molecule has 1 aromatic rings. The van der Waals surface area contributed by atoms with Crippen LogP contribution in [0.3, 0.4) is 0 Å². The highest BCUT2D eigenvalue weighted by Gasteiger charge is 2.17. The van der Waals surface area contributed by atoms with Gasteiger partial charge in [-0.05, 0) is 24.3 Å². The van der Waals surface area contributed by atoms with Crippen molar-refractivity contribution in [2.24, 2.45) is 5.92 Å². The first-order chi connectivity index (χ1) is 9.43. The molecule has 1 atom stereocenters. The number of methoxy groups -OCH3 is 1. The Morgan fingerprint density at radius 3 is 2.30 bits per heavy atom. The largest absolute Gasteiger partial charge is 0.497 e. The topological polar surface area (TPSA) is 87.1 Å². The van der Waals surface area contributed by atoms with Gasteiger partial charge in [0.15, 0.2) is 0 Å². The molecule has 6 heteroatoms. The van der Waals surface area contributed by atoms with Crippen LogP contribution in [0.2, 0.25) is 0 Å². The van der Waals surface area contributed by atoms with Crippen molar-refractivity contribution < 1.29 is 24.5 Å². The number of nitrogens with zero attached hydrogens (tertiary/aromatic N) is 1. The van der Waals surface area contributed by atoms with Crippen LogP contribution < -0.4 is 9.64 Å². The minimum absolute atomic E-state index is 0.0433. The summed E-state index contributed by atoms with van der Waals surface area (Å²) in [6.07, 6.45) is -0.0433. The van der Waals surface area contributed by atoms with E-state index in [1.165, 1.54) is 0 Å². The molecule has 0 aliphatic heterocycles. The summed E-state index contributed by atoms with van der Waals surface area (Å²) in [4.78, 5) is 23.4. The summed E-state index contributed by atoms with van der Waals surface area (Å²) >= 11 is 0. The van der Waals surface area contributed by atoms with Crippen LogP contribution in [0.25, 0.3) is 0 Å². The number of hydrogen-bond acceptors (Lipinski definition) is 4. The zero-order valence-corrected chi connectivity index (χ0v) is 11.6. The third-order valence-corrected chi connectivity index (χ3v) is 2.95. The molecule has 20 heavy (non-hydrogen) atoms. The predicted molar refractivity (Wildman–Crippen MR) is 74.3 cm³/mol. The average Bonchev–Trinajstić information content (AvgIpc) is 2.43. The molecule has 0 radical (unpaired) electrons. The molecule has 6 nitrogen and oxygen atoms in total. The van der Waals surface area contributed by atoms with Crippen LogP contribution in [0.5, 0.6) is 5.75 Å². The average molecular weight is 281 g/mol. The maximum Gasteiger partial charge on any atom is 0.308 e. The zero-order chi connectivity index (χ0) is 15.1. The van der Waals surface area contributed by atoms with Crippen molar-refractivity contribution in [1.82, 2.24) is 0 Å². The van der Waals surface area contributed by atoms with E-state index in [4.69, 9.17) is 14.9 Å². The van der Waals surface area contributed by atoms with Gasteiger partial charge in [-0.1, -0.05) is 6.92 Å². The van der Waals surface area contributed by atoms with Crippen molar-refractivity contribution in [2.75, 3.05) is 25.1 Å². The standard InChI is InChI=1S/C14H19NO5/c1-10(14(18)19)9-15(8-7-13(16)17)11-3-5-12(20-2)6-4-11/h3-6,10H,7-9H2,1-2H3,(H,16,17)(H,18,19). The summed E-state index contributed by atoms with van der Waals surface area (Å²) in [5.74, 6) is -1.70. The van der Waals surface area contributed by atoms with E-state index in [9.17, 15) is 9.59 Å². The van der Waals surface area contributed by atoms with Gasteiger partial charge in [0.05, 0.1) is 19.4 Å². The molecule has 0 saturated heterocycles. The quantitative estimate of drug-likeness (QED) is 0.754. The van der Waals surface area contributed by atoms with Crippen molar-refractivity contribution in [3.63, 3.8) is 0 Å². The van der Waals surface area contributed by atoms with E-state index in [1.54, 1.807) is 43.2 Å². The third-order valence-electron chi connectivity index (χ3n) is 2.95. The Kier molecular flexibility index (Phi) is 5.83. The number of hydrogen-bond donors (Lipinski definition) is 2.